The van der Waals surface area contributed by atoms with Crippen molar-refractivity contribution in [1.82, 2.24) is 0 Å². The lowest BCUT2D eigenvalue weighted by molar-refractivity contribution is 1.41. The predicted molar refractivity (Wildman–Crippen MR) is 57.0 cm³/mol. The van der Waals surface area contributed by atoms with Crippen molar-refractivity contribution in [3.05, 3.63) is 61.3 Å². The second kappa shape index (κ2) is 9.70. The summed E-state index contributed by atoms with van der Waals surface area (Å²) < 4.78 is 0. The Bertz CT molecular complexity index is 188. The van der Waals surface area contributed by atoms with Gasteiger partial charge in [0.05, 0.1) is 0 Å². The van der Waals surface area contributed by atoms with Crippen molar-refractivity contribution in [2.75, 3.05) is 0 Å². The Labute approximate surface area is 75.3 Å². The van der Waals surface area contributed by atoms with Gasteiger partial charge in [-0.25, -0.2) is 0 Å². The average Bonchev–Trinajstić information content (AvgIpc) is 2.37. The molecule has 0 fully saturated rings. The van der Waals surface area contributed by atoms with E-state index in [1.54, 1.807) is 6.08 Å². The van der Waals surface area contributed by atoms with Crippen molar-refractivity contribution in [1.29, 1.82) is 0 Å². The van der Waals surface area contributed by atoms with E-state index in [1.807, 2.05) is 31.2 Å². The second-order valence-electron chi connectivity index (χ2n) is 2.24. The number of rotatable bonds is 1. The predicted octanol–water partition coefficient (Wildman–Crippen LogP) is 3.81. The van der Waals surface area contributed by atoms with Crippen LogP contribution < -0.4 is 0 Å². The van der Waals surface area contributed by atoms with Crippen LogP contribution in [0.2, 0.25) is 0 Å². The molecule has 0 aromatic rings. The van der Waals surface area contributed by atoms with Crippen LogP contribution >= 0.6 is 0 Å². The number of hydrogen-bond acceptors (Lipinski definition) is 0. The lowest BCUT2D eigenvalue weighted by atomic mass is 10.4. The fraction of sp³-hybridized carbons (Fsp3) is 0.167. The molecule has 0 atom stereocenters. The maximum atomic E-state index is 3.46. The van der Waals surface area contributed by atoms with Crippen LogP contribution in [0.1, 0.15) is 13.3 Å². The third-order valence-corrected chi connectivity index (χ3v) is 1.21. The summed E-state index contributed by atoms with van der Waals surface area (Å²) in [5.41, 5.74) is 0. The van der Waals surface area contributed by atoms with Gasteiger partial charge in [-0.2, -0.15) is 0 Å². The fourth-order valence-electron chi connectivity index (χ4n) is 0.657. The molecule has 64 valence electrons. The Morgan fingerprint density at radius 1 is 1.08 bits per heavy atom. The van der Waals surface area contributed by atoms with Crippen molar-refractivity contribution >= 4 is 0 Å². The molecule has 0 saturated heterocycles. The SMILES string of the molecule is C1=CC=CCC=C1.C=C/C=C\C. The average molecular weight is 160 g/mol. The van der Waals surface area contributed by atoms with Crippen molar-refractivity contribution in [3.63, 3.8) is 0 Å². The van der Waals surface area contributed by atoms with Gasteiger partial charge < -0.3 is 0 Å². The van der Waals surface area contributed by atoms with Gasteiger partial charge in [-0.3, -0.25) is 0 Å². The summed E-state index contributed by atoms with van der Waals surface area (Å²) in [6, 6.07) is 0. The summed E-state index contributed by atoms with van der Waals surface area (Å²) in [4.78, 5) is 0. The van der Waals surface area contributed by atoms with Gasteiger partial charge in [0.1, 0.15) is 0 Å². The molecule has 0 saturated carbocycles. The highest BCUT2D eigenvalue weighted by Crippen LogP contribution is 1.91. The first-order chi connectivity index (χ1) is 5.91. The van der Waals surface area contributed by atoms with E-state index < -0.39 is 0 Å². The van der Waals surface area contributed by atoms with E-state index in [9.17, 15) is 0 Å². The van der Waals surface area contributed by atoms with Gasteiger partial charge in [0.2, 0.25) is 0 Å². The molecule has 0 bridgehead atoms. The summed E-state index contributed by atoms with van der Waals surface area (Å²) in [5.74, 6) is 0. The molecule has 0 spiro atoms. The van der Waals surface area contributed by atoms with Crippen LogP contribution in [-0.2, 0) is 0 Å². The van der Waals surface area contributed by atoms with E-state index >= 15 is 0 Å². The standard InChI is InChI=1S/C7H8.C5H8/c1-2-4-6-7-5-3-1;1-3-5-4-2/h1-6H,7H2;3-5H,1H2,2H3/b;5-4-. The lowest BCUT2D eigenvalue weighted by Gasteiger charge is -1.69. The molecule has 0 aromatic heterocycles. The van der Waals surface area contributed by atoms with Gasteiger partial charge in [-0.15, -0.1) is 0 Å². The van der Waals surface area contributed by atoms with E-state index in [0.29, 0.717) is 0 Å². The minimum Gasteiger partial charge on any atom is -0.0991 e. The van der Waals surface area contributed by atoms with Gasteiger partial charge in [0.15, 0.2) is 0 Å². The molecule has 0 aromatic carbocycles. The summed E-state index contributed by atoms with van der Waals surface area (Å²) >= 11 is 0. The highest BCUT2D eigenvalue weighted by molar-refractivity contribution is 5.16. The first kappa shape index (κ1) is 10.7. The molecule has 12 heavy (non-hydrogen) atoms. The molecule has 0 aliphatic heterocycles. The Balaban J connectivity index is 0.000000217. The zero-order chi connectivity index (χ0) is 9.07. The maximum Gasteiger partial charge on any atom is -0.0163 e. The van der Waals surface area contributed by atoms with Crippen molar-refractivity contribution in [2.45, 2.75) is 13.3 Å². The molecule has 0 unspecified atom stereocenters. The Morgan fingerprint density at radius 2 is 1.67 bits per heavy atom. The van der Waals surface area contributed by atoms with Crippen LogP contribution in [0.25, 0.3) is 0 Å². The quantitative estimate of drug-likeness (QED) is 0.512. The van der Waals surface area contributed by atoms with Crippen LogP contribution in [0.15, 0.2) is 61.3 Å². The van der Waals surface area contributed by atoms with Crippen LogP contribution in [0.5, 0.6) is 0 Å². The molecule has 1 rings (SSSR count). The minimum absolute atomic E-state index is 1.08. The summed E-state index contributed by atoms with van der Waals surface area (Å²) in [5, 5.41) is 0. The Hall–Kier alpha value is -1.30. The van der Waals surface area contributed by atoms with Gasteiger partial charge in [-0.05, 0) is 13.3 Å². The van der Waals surface area contributed by atoms with Crippen molar-refractivity contribution < 1.29 is 0 Å². The molecule has 1 aliphatic rings. The van der Waals surface area contributed by atoms with Crippen LogP contribution in [0.3, 0.4) is 0 Å². The van der Waals surface area contributed by atoms with Gasteiger partial charge >= 0.3 is 0 Å². The van der Waals surface area contributed by atoms with Crippen molar-refractivity contribution in [2.24, 2.45) is 0 Å². The molecular weight excluding hydrogens is 144 g/mol. The highest BCUT2D eigenvalue weighted by Gasteiger charge is 1.70. The molecule has 0 nitrogen and oxygen atoms in total. The second-order valence-corrected chi connectivity index (χ2v) is 2.24. The van der Waals surface area contributed by atoms with Crippen LogP contribution in [-0.4, -0.2) is 0 Å². The van der Waals surface area contributed by atoms with E-state index in [4.69, 9.17) is 0 Å². The lowest BCUT2D eigenvalue weighted by Crippen LogP contribution is -1.48. The zero-order valence-corrected chi connectivity index (χ0v) is 7.61. The molecule has 1 aliphatic carbocycles. The molecule has 0 N–H and O–H groups in total. The number of allylic oxidation sites excluding steroid dienone is 9. The Morgan fingerprint density at radius 3 is 2.00 bits per heavy atom. The Kier molecular flexibility index (Phi) is 8.65. The van der Waals surface area contributed by atoms with Gasteiger partial charge in [-0.1, -0.05) is 61.3 Å². The van der Waals surface area contributed by atoms with E-state index in [1.165, 1.54) is 0 Å². The largest absolute Gasteiger partial charge is 0.0991 e. The normalized spacial score (nSPS) is 13.8. The van der Waals surface area contributed by atoms with Crippen LogP contribution in [0.4, 0.5) is 0 Å². The third-order valence-electron chi connectivity index (χ3n) is 1.21. The molecule has 0 heterocycles. The topological polar surface area (TPSA) is 0 Å². The monoisotopic (exact) mass is 160 g/mol. The first-order valence-electron chi connectivity index (χ1n) is 4.14. The number of hydrogen-bond donors (Lipinski definition) is 0. The molecule has 0 radical (unpaired) electrons. The third kappa shape index (κ3) is 8.70. The van der Waals surface area contributed by atoms with Gasteiger partial charge in [0, 0.05) is 0 Å². The molecule has 0 heteroatoms. The first-order valence-corrected chi connectivity index (χ1v) is 4.14. The maximum absolute atomic E-state index is 3.46. The summed E-state index contributed by atoms with van der Waals surface area (Å²) in [6.07, 6.45) is 19.1. The van der Waals surface area contributed by atoms with Crippen molar-refractivity contribution in [3.8, 4) is 0 Å². The summed E-state index contributed by atoms with van der Waals surface area (Å²) in [7, 11) is 0. The fourth-order valence-corrected chi connectivity index (χ4v) is 0.657. The van der Waals surface area contributed by atoms with Gasteiger partial charge in [0.25, 0.3) is 0 Å². The van der Waals surface area contributed by atoms with E-state index in [2.05, 4.69) is 30.9 Å². The zero-order valence-electron chi connectivity index (χ0n) is 7.61. The van der Waals surface area contributed by atoms with E-state index in [-0.39, 0.29) is 0 Å². The minimum atomic E-state index is 1.08. The molecular formula is C12H16. The highest BCUT2D eigenvalue weighted by atomic mass is 13.8. The molecule has 0 amide bonds. The van der Waals surface area contributed by atoms with E-state index in [0.717, 1.165) is 6.42 Å². The van der Waals surface area contributed by atoms with Crippen LogP contribution in [0, 0.1) is 0 Å². The summed E-state index contributed by atoms with van der Waals surface area (Å²) in [6.45, 7) is 5.42. The smallest absolute Gasteiger partial charge is 0.0163 e.